The molecule has 1 spiro atoms. The summed E-state index contributed by atoms with van der Waals surface area (Å²) in [6.45, 7) is 6.66. The molecule has 3 rings (SSSR count). The first kappa shape index (κ1) is 14.9. The van der Waals surface area contributed by atoms with Gasteiger partial charge in [0.2, 0.25) is 0 Å². The topological polar surface area (TPSA) is 24.5 Å². The predicted octanol–water partition coefficient (Wildman–Crippen LogP) is 3.06. The van der Waals surface area contributed by atoms with Gasteiger partial charge in [0, 0.05) is 31.2 Å². The van der Waals surface area contributed by atoms with Crippen LogP contribution in [0.1, 0.15) is 39.0 Å². The van der Waals surface area contributed by atoms with E-state index in [1.165, 1.54) is 32.2 Å². The van der Waals surface area contributed by atoms with Gasteiger partial charge in [0.05, 0.1) is 6.61 Å². The van der Waals surface area contributed by atoms with Crippen LogP contribution in [-0.4, -0.2) is 42.7 Å². The van der Waals surface area contributed by atoms with Crippen LogP contribution < -0.4 is 10.1 Å². The average Bonchev–Trinajstić information content (AvgIpc) is 2.97. The normalized spacial score (nSPS) is 25.3. The van der Waals surface area contributed by atoms with Crippen molar-refractivity contribution in [1.29, 1.82) is 0 Å². The minimum atomic E-state index is 0.423. The van der Waals surface area contributed by atoms with Gasteiger partial charge in [0.1, 0.15) is 5.75 Å². The van der Waals surface area contributed by atoms with Crippen LogP contribution in [0.4, 0.5) is 0 Å². The maximum Gasteiger partial charge on any atom is 0.119 e. The third-order valence-corrected chi connectivity index (χ3v) is 5.06. The molecular weight excluding hydrogens is 260 g/mol. The second kappa shape index (κ2) is 6.80. The monoisotopic (exact) mass is 288 g/mol. The van der Waals surface area contributed by atoms with Gasteiger partial charge in [-0.2, -0.15) is 0 Å². The molecule has 1 saturated carbocycles. The summed E-state index contributed by atoms with van der Waals surface area (Å²) >= 11 is 0. The Morgan fingerprint density at radius 1 is 1.24 bits per heavy atom. The number of rotatable bonds is 5. The van der Waals surface area contributed by atoms with Crippen molar-refractivity contribution in [3.63, 3.8) is 0 Å². The lowest BCUT2D eigenvalue weighted by molar-refractivity contribution is 0.0838. The Hall–Kier alpha value is -1.06. The van der Waals surface area contributed by atoms with Crippen molar-refractivity contribution >= 4 is 0 Å². The van der Waals surface area contributed by atoms with E-state index in [9.17, 15) is 0 Å². The number of nitrogens with one attached hydrogen (secondary N) is 1. The van der Waals surface area contributed by atoms with Crippen LogP contribution in [0.15, 0.2) is 30.3 Å². The molecule has 1 unspecified atom stereocenters. The summed E-state index contributed by atoms with van der Waals surface area (Å²) < 4.78 is 5.81. The van der Waals surface area contributed by atoms with Gasteiger partial charge in [-0.3, -0.25) is 4.90 Å². The van der Waals surface area contributed by atoms with Gasteiger partial charge in [0.25, 0.3) is 0 Å². The van der Waals surface area contributed by atoms with E-state index in [0.29, 0.717) is 11.6 Å². The summed E-state index contributed by atoms with van der Waals surface area (Å²) in [5.74, 6) is 0.984. The van der Waals surface area contributed by atoms with Crippen molar-refractivity contribution in [2.75, 3.05) is 26.2 Å². The summed E-state index contributed by atoms with van der Waals surface area (Å²) in [6.07, 6.45) is 6.61. The van der Waals surface area contributed by atoms with E-state index in [1.807, 2.05) is 30.3 Å². The third-order valence-electron chi connectivity index (χ3n) is 5.06. The van der Waals surface area contributed by atoms with Crippen LogP contribution in [-0.2, 0) is 0 Å². The molecule has 2 aliphatic rings. The van der Waals surface area contributed by atoms with Crippen molar-refractivity contribution in [3.8, 4) is 5.75 Å². The van der Waals surface area contributed by atoms with Gasteiger partial charge in [-0.25, -0.2) is 0 Å². The maximum atomic E-state index is 5.81. The van der Waals surface area contributed by atoms with Crippen LogP contribution in [0.2, 0.25) is 0 Å². The molecule has 1 saturated heterocycles. The van der Waals surface area contributed by atoms with Gasteiger partial charge >= 0.3 is 0 Å². The van der Waals surface area contributed by atoms with Gasteiger partial charge < -0.3 is 10.1 Å². The predicted molar refractivity (Wildman–Crippen MR) is 86.8 cm³/mol. The number of benzene rings is 1. The molecule has 116 valence electrons. The zero-order chi connectivity index (χ0) is 14.5. The quantitative estimate of drug-likeness (QED) is 0.843. The van der Waals surface area contributed by atoms with E-state index in [1.54, 1.807) is 0 Å². The molecule has 0 amide bonds. The Balaban J connectivity index is 1.43. The Morgan fingerprint density at radius 2 is 2.00 bits per heavy atom. The molecule has 2 fully saturated rings. The van der Waals surface area contributed by atoms with Gasteiger partial charge in [-0.15, -0.1) is 0 Å². The Labute approximate surface area is 128 Å². The molecule has 1 aromatic rings. The molecule has 1 aliphatic carbocycles. The minimum absolute atomic E-state index is 0.423. The average molecular weight is 288 g/mol. The number of para-hydroxylation sites is 1. The molecule has 1 atom stereocenters. The summed E-state index contributed by atoms with van der Waals surface area (Å²) in [5.41, 5.74) is 0.423. The molecule has 3 heteroatoms. The van der Waals surface area contributed by atoms with E-state index in [2.05, 4.69) is 17.1 Å². The van der Waals surface area contributed by atoms with Crippen LogP contribution in [0.3, 0.4) is 0 Å². The highest BCUT2D eigenvalue weighted by Gasteiger charge is 2.39. The lowest BCUT2D eigenvalue weighted by Crippen LogP contribution is -2.62. The standard InChI is InChI=1S/C18H28N2O/c1-16-14-19-18(10-5-6-11-18)15-20(16)12-7-13-21-17-8-3-2-4-9-17/h2-4,8-9,16,19H,5-7,10-15H2,1H3. The van der Waals surface area contributed by atoms with Crippen LogP contribution >= 0.6 is 0 Å². The summed E-state index contributed by atoms with van der Waals surface area (Å²) in [7, 11) is 0. The first-order chi connectivity index (χ1) is 10.3. The van der Waals surface area contributed by atoms with E-state index in [0.717, 1.165) is 31.9 Å². The van der Waals surface area contributed by atoms with Crippen LogP contribution in [0.25, 0.3) is 0 Å². The minimum Gasteiger partial charge on any atom is -0.494 e. The molecule has 1 heterocycles. The van der Waals surface area contributed by atoms with Crippen molar-refractivity contribution < 1.29 is 4.74 Å². The lowest BCUT2D eigenvalue weighted by atomic mass is 9.92. The smallest absolute Gasteiger partial charge is 0.119 e. The molecule has 0 radical (unpaired) electrons. The van der Waals surface area contributed by atoms with Crippen molar-refractivity contribution in [2.45, 2.75) is 50.6 Å². The zero-order valence-electron chi connectivity index (χ0n) is 13.2. The Bertz CT molecular complexity index is 428. The molecule has 0 aromatic heterocycles. The largest absolute Gasteiger partial charge is 0.494 e. The molecular formula is C18H28N2O. The second-order valence-corrected chi connectivity index (χ2v) is 6.70. The van der Waals surface area contributed by atoms with Crippen LogP contribution in [0, 0.1) is 0 Å². The number of piperazine rings is 1. The number of nitrogens with zero attached hydrogens (tertiary/aromatic N) is 1. The fourth-order valence-electron chi connectivity index (χ4n) is 3.75. The molecule has 1 aliphatic heterocycles. The van der Waals surface area contributed by atoms with Crippen molar-refractivity contribution in [3.05, 3.63) is 30.3 Å². The first-order valence-electron chi connectivity index (χ1n) is 8.44. The maximum absolute atomic E-state index is 5.81. The van der Waals surface area contributed by atoms with Crippen molar-refractivity contribution in [2.24, 2.45) is 0 Å². The fraction of sp³-hybridized carbons (Fsp3) is 0.667. The van der Waals surface area contributed by atoms with Crippen molar-refractivity contribution in [1.82, 2.24) is 10.2 Å². The fourth-order valence-corrected chi connectivity index (χ4v) is 3.75. The highest BCUT2D eigenvalue weighted by Crippen LogP contribution is 2.33. The van der Waals surface area contributed by atoms with Gasteiger partial charge in [-0.05, 0) is 38.3 Å². The molecule has 0 bridgehead atoms. The number of hydrogen-bond donors (Lipinski definition) is 1. The third kappa shape index (κ3) is 3.78. The number of ether oxygens (including phenoxy) is 1. The molecule has 21 heavy (non-hydrogen) atoms. The van der Waals surface area contributed by atoms with Gasteiger partial charge in [0.15, 0.2) is 0 Å². The van der Waals surface area contributed by atoms with E-state index < -0.39 is 0 Å². The Kier molecular flexibility index (Phi) is 4.81. The molecule has 1 aromatic carbocycles. The highest BCUT2D eigenvalue weighted by atomic mass is 16.5. The van der Waals surface area contributed by atoms with E-state index in [-0.39, 0.29) is 0 Å². The summed E-state index contributed by atoms with van der Waals surface area (Å²) in [5, 5.41) is 3.82. The highest BCUT2D eigenvalue weighted by molar-refractivity contribution is 5.20. The SMILES string of the molecule is CC1CNC2(CCCC2)CN1CCCOc1ccccc1. The Morgan fingerprint density at radius 3 is 2.76 bits per heavy atom. The summed E-state index contributed by atoms with van der Waals surface area (Å²) in [4.78, 5) is 2.66. The van der Waals surface area contributed by atoms with E-state index >= 15 is 0 Å². The summed E-state index contributed by atoms with van der Waals surface area (Å²) in [6, 6.07) is 10.8. The molecule has 3 nitrogen and oxygen atoms in total. The number of hydrogen-bond acceptors (Lipinski definition) is 3. The van der Waals surface area contributed by atoms with Gasteiger partial charge in [-0.1, -0.05) is 31.0 Å². The zero-order valence-corrected chi connectivity index (χ0v) is 13.2. The second-order valence-electron chi connectivity index (χ2n) is 6.70. The van der Waals surface area contributed by atoms with Crippen LogP contribution in [0.5, 0.6) is 5.75 Å². The molecule has 1 N–H and O–H groups in total. The van der Waals surface area contributed by atoms with E-state index in [4.69, 9.17) is 4.74 Å². The lowest BCUT2D eigenvalue weighted by Gasteiger charge is -2.45. The first-order valence-corrected chi connectivity index (χ1v) is 8.44.